The molecule has 0 spiro atoms. The lowest BCUT2D eigenvalue weighted by Gasteiger charge is -1.96. The molecule has 0 atom stereocenters. The molecule has 0 aliphatic carbocycles. The van der Waals surface area contributed by atoms with E-state index < -0.39 is 0 Å². The summed E-state index contributed by atoms with van der Waals surface area (Å²) < 4.78 is 5.22. The molecule has 5 heteroatoms. The highest BCUT2D eigenvalue weighted by molar-refractivity contribution is 7.98. The zero-order chi connectivity index (χ0) is 13.8. The number of phenolic OH excluding ortho intramolecular Hbond substituents is 1. The summed E-state index contributed by atoms with van der Waals surface area (Å²) in [7, 11) is 0. The smallest absolute Gasteiger partial charge is 0.257 e. The van der Waals surface area contributed by atoms with Crippen molar-refractivity contribution in [1.82, 2.24) is 10.1 Å². The van der Waals surface area contributed by atoms with Gasteiger partial charge < -0.3 is 9.63 Å². The third-order valence-corrected chi connectivity index (χ3v) is 3.70. The van der Waals surface area contributed by atoms with Crippen LogP contribution in [0.2, 0.25) is 0 Å². The van der Waals surface area contributed by atoms with E-state index in [2.05, 4.69) is 10.1 Å². The van der Waals surface area contributed by atoms with Gasteiger partial charge >= 0.3 is 0 Å². The van der Waals surface area contributed by atoms with Crippen molar-refractivity contribution in [1.29, 1.82) is 0 Å². The van der Waals surface area contributed by atoms with Crippen LogP contribution in [0.3, 0.4) is 0 Å². The summed E-state index contributed by atoms with van der Waals surface area (Å²) in [4.78, 5) is 5.51. The summed E-state index contributed by atoms with van der Waals surface area (Å²) in [6.07, 6.45) is 0. The van der Waals surface area contributed by atoms with Crippen molar-refractivity contribution < 1.29 is 9.63 Å². The Morgan fingerprint density at radius 2 is 1.75 bits per heavy atom. The summed E-state index contributed by atoms with van der Waals surface area (Å²) in [6, 6.07) is 16.8. The second kappa shape index (κ2) is 5.79. The lowest BCUT2D eigenvalue weighted by atomic mass is 10.2. The van der Waals surface area contributed by atoms with Crippen molar-refractivity contribution in [2.75, 3.05) is 0 Å². The molecule has 0 fully saturated rings. The van der Waals surface area contributed by atoms with Crippen LogP contribution in [0.1, 0.15) is 5.82 Å². The number of hydrogen-bond donors (Lipinski definition) is 1. The van der Waals surface area contributed by atoms with Gasteiger partial charge in [0, 0.05) is 10.5 Å². The van der Waals surface area contributed by atoms with Gasteiger partial charge in [-0.25, -0.2) is 0 Å². The van der Waals surface area contributed by atoms with Crippen LogP contribution < -0.4 is 0 Å². The van der Waals surface area contributed by atoms with Crippen molar-refractivity contribution in [3.8, 4) is 17.2 Å². The minimum absolute atomic E-state index is 0.216. The largest absolute Gasteiger partial charge is 0.508 e. The molecule has 100 valence electrons. The van der Waals surface area contributed by atoms with Crippen LogP contribution >= 0.6 is 11.8 Å². The van der Waals surface area contributed by atoms with Gasteiger partial charge in [-0.05, 0) is 36.4 Å². The van der Waals surface area contributed by atoms with E-state index in [0.29, 0.717) is 17.5 Å². The summed E-state index contributed by atoms with van der Waals surface area (Å²) in [6.45, 7) is 0. The number of rotatable bonds is 4. The second-order valence-electron chi connectivity index (χ2n) is 4.16. The Kier molecular flexibility index (Phi) is 3.69. The van der Waals surface area contributed by atoms with Gasteiger partial charge in [-0.15, -0.1) is 11.8 Å². The Balaban J connectivity index is 1.69. The van der Waals surface area contributed by atoms with Crippen LogP contribution in [-0.2, 0) is 5.75 Å². The number of hydrogen-bond acceptors (Lipinski definition) is 5. The Labute approximate surface area is 120 Å². The molecule has 2 aromatic carbocycles. The summed E-state index contributed by atoms with van der Waals surface area (Å²) in [5, 5.41) is 13.2. The highest BCUT2D eigenvalue weighted by Crippen LogP contribution is 2.24. The minimum atomic E-state index is 0.216. The number of nitrogens with zero attached hydrogens (tertiary/aromatic N) is 2. The fourth-order valence-corrected chi connectivity index (χ4v) is 2.46. The van der Waals surface area contributed by atoms with E-state index in [1.165, 1.54) is 4.90 Å². The van der Waals surface area contributed by atoms with Gasteiger partial charge in [0.15, 0.2) is 5.82 Å². The van der Waals surface area contributed by atoms with Crippen molar-refractivity contribution in [2.24, 2.45) is 0 Å². The van der Waals surface area contributed by atoms with Gasteiger partial charge in [0.05, 0.1) is 5.75 Å². The minimum Gasteiger partial charge on any atom is -0.508 e. The average Bonchev–Trinajstić information content (AvgIpc) is 2.96. The molecule has 0 saturated carbocycles. The van der Waals surface area contributed by atoms with Crippen LogP contribution in [0.25, 0.3) is 11.5 Å². The van der Waals surface area contributed by atoms with Crippen LogP contribution in [-0.4, -0.2) is 15.2 Å². The van der Waals surface area contributed by atoms with E-state index >= 15 is 0 Å². The Bertz CT molecular complexity index is 681. The van der Waals surface area contributed by atoms with Crippen LogP contribution in [0.15, 0.2) is 64.0 Å². The molecule has 1 aromatic heterocycles. The normalized spacial score (nSPS) is 10.6. The molecule has 3 rings (SSSR count). The molecule has 0 radical (unpaired) electrons. The van der Waals surface area contributed by atoms with Crippen molar-refractivity contribution >= 4 is 11.8 Å². The maximum Gasteiger partial charge on any atom is 0.257 e. The van der Waals surface area contributed by atoms with E-state index in [-0.39, 0.29) is 5.75 Å². The van der Waals surface area contributed by atoms with Gasteiger partial charge in [0.2, 0.25) is 0 Å². The molecule has 0 unspecified atom stereocenters. The molecule has 0 bridgehead atoms. The summed E-state index contributed by atoms with van der Waals surface area (Å²) in [5.41, 5.74) is 0.797. The fraction of sp³-hybridized carbons (Fsp3) is 0.0667. The third kappa shape index (κ3) is 3.00. The number of aromatic nitrogens is 2. The molecular weight excluding hydrogens is 272 g/mol. The quantitative estimate of drug-likeness (QED) is 0.740. The van der Waals surface area contributed by atoms with Gasteiger partial charge in [0.25, 0.3) is 5.89 Å². The predicted molar refractivity (Wildman–Crippen MR) is 77.4 cm³/mol. The highest BCUT2D eigenvalue weighted by Gasteiger charge is 2.09. The Hall–Kier alpha value is -2.27. The fourth-order valence-electron chi connectivity index (χ4n) is 1.70. The lowest BCUT2D eigenvalue weighted by molar-refractivity contribution is 0.425. The van der Waals surface area contributed by atoms with Gasteiger partial charge in [-0.1, -0.05) is 23.4 Å². The Morgan fingerprint density at radius 3 is 2.50 bits per heavy atom. The maximum atomic E-state index is 9.25. The third-order valence-electron chi connectivity index (χ3n) is 2.69. The van der Waals surface area contributed by atoms with Gasteiger partial charge in [-0.3, -0.25) is 0 Å². The van der Waals surface area contributed by atoms with E-state index in [4.69, 9.17) is 4.52 Å². The number of phenols is 1. The lowest BCUT2D eigenvalue weighted by Crippen LogP contribution is -1.84. The van der Waals surface area contributed by atoms with Crippen LogP contribution in [0.5, 0.6) is 5.75 Å². The van der Waals surface area contributed by atoms with Crippen LogP contribution in [0, 0.1) is 0 Å². The SMILES string of the molecule is Oc1ccc(-c2nc(CSc3ccccc3)no2)cc1. The zero-order valence-electron chi connectivity index (χ0n) is 10.6. The molecule has 3 aromatic rings. The molecule has 20 heavy (non-hydrogen) atoms. The molecule has 0 saturated heterocycles. The maximum absolute atomic E-state index is 9.25. The number of aromatic hydroxyl groups is 1. The van der Waals surface area contributed by atoms with E-state index in [0.717, 1.165) is 5.56 Å². The number of benzene rings is 2. The Morgan fingerprint density at radius 1 is 1.00 bits per heavy atom. The highest BCUT2D eigenvalue weighted by atomic mass is 32.2. The van der Waals surface area contributed by atoms with Crippen molar-refractivity contribution in [3.05, 3.63) is 60.4 Å². The molecule has 4 nitrogen and oxygen atoms in total. The first-order chi connectivity index (χ1) is 9.81. The summed E-state index contributed by atoms with van der Waals surface area (Å²) in [5.74, 6) is 2.00. The first-order valence-corrected chi connectivity index (χ1v) is 7.10. The van der Waals surface area contributed by atoms with E-state index in [9.17, 15) is 5.11 Å². The molecule has 1 N–H and O–H groups in total. The topological polar surface area (TPSA) is 59.2 Å². The van der Waals surface area contributed by atoms with Gasteiger partial charge in [-0.2, -0.15) is 4.98 Å². The molecular formula is C15H12N2O2S. The zero-order valence-corrected chi connectivity index (χ0v) is 11.4. The van der Waals surface area contributed by atoms with E-state index in [1.54, 1.807) is 36.0 Å². The molecule has 0 aliphatic heterocycles. The summed E-state index contributed by atoms with van der Waals surface area (Å²) >= 11 is 1.66. The monoisotopic (exact) mass is 284 g/mol. The van der Waals surface area contributed by atoms with E-state index in [1.807, 2.05) is 30.3 Å². The van der Waals surface area contributed by atoms with Crippen molar-refractivity contribution in [2.45, 2.75) is 10.6 Å². The molecule has 0 amide bonds. The first kappa shape index (κ1) is 12.7. The predicted octanol–water partition coefficient (Wildman–Crippen LogP) is 3.73. The molecule has 0 aliphatic rings. The van der Waals surface area contributed by atoms with Gasteiger partial charge in [0.1, 0.15) is 5.75 Å². The van der Waals surface area contributed by atoms with Crippen LogP contribution in [0.4, 0.5) is 0 Å². The van der Waals surface area contributed by atoms with Crippen molar-refractivity contribution in [3.63, 3.8) is 0 Å². The first-order valence-electron chi connectivity index (χ1n) is 6.11. The standard InChI is InChI=1S/C15H12N2O2S/c18-12-8-6-11(7-9-12)15-16-14(17-19-15)10-20-13-4-2-1-3-5-13/h1-9,18H,10H2. The average molecular weight is 284 g/mol. The second-order valence-corrected chi connectivity index (χ2v) is 5.21. The number of thioether (sulfide) groups is 1. The molecule has 1 heterocycles.